The summed E-state index contributed by atoms with van der Waals surface area (Å²) in [6, 6.07) is 3.27. The van der Waals surface area contributed by atoms with Gasteiger partial charge < -0.3 is 10.5 Å². The Morgan fingerprint density at radius 2 is 2.40 bits per heavy atom. The molecule has 2 aromatic rings. The van der Waals surface area contributed by atoms with Crippen molar-refractivity contribution in [3.63, 3.8) is 0 Å². The number of nitrogens with one attached hydrogen (secondary N) is 1. The quantitative estimate of drug-likeness (QED) is 0.890. The zero-order valence-electron chi connectivity index (χ0n) is 10.6. The van der Waals surface area contributed by atoms with Crippen molar-refractivity contribution in [1.29, 1.82) is 0 Å². The Morgan fingerprint density at radius 3 is 3.15 bits per heavy atom. The van der Waals surface area contributed by atoms with E-state index in [1.54, 1.807) is 12.1 Å². The first-order valence-corrected chi connectivity index (χ1v) is 7.02. The standard InChI is InChI=1S/C12H13N5O2S/c13-9-7(3-1-5-14-9)10(18)15-12-17-16-11(20-12)8-4-2-6-19-8/h1,3,5,8H,2,4,6H2,(H2,13,14)(H,15,17,18). The average Bonchev–Trinajstić information content (AvgIpc) is 3.09. The summed E-state index contributed by atoms with van der Waals surface area (Å²) in [7, 11) is 0. The topological polar surface area (TPSA) is 103 Å². The fourth-order valence-corrected chi connectivity index (χ4v) is 2.78. The number of ether oxygens (including phenoxy) is 1. The SMILES string of the molecule is Nc1ncccc1C(=O)Nc1nnc(C2CCCO2)s1. The lowest BCUT2D eigenvalue weighted by Gasteiger charge is -2.03. The normalized spacial score (nSPS) is 18.1. The van der Waals surface area contributed by atoms with Crippen LogP contribution in [-0.2, 0) is 4.74 Å². The van der Waals surface area contributed by atoms with Crippen molar-refractivity contribution in [2.24, 2.45) is 0 Å². The van der Waals surface area contributed by atoms with Gasteiger partial charge >= 0.3 is 0 Å². The second kappa shape index (κ2) is 5.51. The number of nitrogens with zero attached hydrogens (tertiary/aromatic N) is 3. The molecule has 7 nitrogen and oxygen atoms in total. The largest absolute Gasteiger partial charge is 0.383 e. The predicted octanol–water partition coefficient (Wildman–Crippen LogP) is 1.62. The lowest BCUT2D eigenvalue weighted by molar-refractivity contribution is 0.102. The van der Waals surface area contributed by atoms with Crippen molar-refractivity contribution in [3.05, 3.63) is 28.9 Å². The highest BCUT2D eigenvalue weighted by Crippen LogP contribution is 2.32. The smallest absolute Gasteiger partial charge is 0.261 e. The van der Waals surface area contributed by atoms with Crippen LogP contribution < -0.4 is 11.1 Å². The Balaban J connectivity index is 1.72. The Kier molecular flexibility index (Phi) is 3.57. The number of nitrogens with two attached hydrogens (primary N) is 1. The van der Waals surface area contributed by atoms with Gasteiger partial charge in [-0.1, -0.05) is 11.3 Å². The van der Waals surface area contributed by atoms with Gasteiger partial charge in [-0.05, 0) is 25.0 Å². The summed E-state index contributed by atoms with van der Waals surface area (Å²) in [5.74, 6) is -0.153. The van der Waals surface area contributed by atoms with Gasteiger partial charge in [-0.2, -0.15) is 0 Å². The molecule has 1 fully saturated rings. The monoisotopic (exact) mass is 291 g/mol. The summed E-state index contributed by atoms with van der Waals surface area (Å²) in [5, 5.41) is 11.9. The first kappa shape index (κ1) is 12.9. The molecule has 1 unspecified atom stereocenters. The Morgan fingerprint density at radius 1 is 1.50 bits per heavy atom. The van der Waals surface area contributed by atoms with Crippen molar-refractivity contribution >= 4 is 28.2 Å². The molecule has 0 bridgehead atoms. The minimum atomic E-state index is -0.342. The molecule has 20 heavy (non-hydrogen) atoms. The fraction of sp³-hybridized carbons (Fsp3) is 0.333. The van der Waals surface area contributed by atoms with Crippen LogP contribution in [0.25, 0.3) is 0 Å². The van der Waals surface area contributed by atoms with Crippen molar-refractivity contribution in [3.8, 4) is 0 Å². The number of rotatable bonds is 3. The van der Waals surface area contributed by atoms with Crippen LogP contribution in [0.15, 0.2) is 18.3 Å². The van der Waals surface area contributed by atoms with E-state index in [0.29, 0.717) is 10.7 Å². The molecule has 1 aliphatic rings. The lowest BCUT2D eigenvalue weighted by atomic mass is 10.2. The van der Waals surface area contributed by atoms with E-state index >= 15 is 0 Å². The molecule has 8 heteroatoms. The van der Waals surface area contributed by atoms with Crippen LogP contribution in [0, 0.1) is 0 Å². The minimum absolute atomic E-state index is 0.00149. The zero-order valence-corrected chi connectivity index (χ0v) is 11.4. The third kappa shape index (κ3) is 2.61. The Labute approximate surface area is 119 Å². The van der Waals surface area contributed by atoms with Crippen molar-refractivity contribution in [2.45, 2.75) is 18.9 Å². The molecule has 3 rings (SSSR count). The van der Waals surface area contributed by atoms with Crippen molar-refractivity contribution in [1.82, 2.24) is 15.2 Å². The number of amides is 1. The van der Waals surface area contributed by atoms with E-state index in [4.69, 9.17) is 10.5 Å². The van der Waals surface area contributed by atoms with Gasteiger partial charge in [0.2, 0.25) is 5.13 Å². The van der Waals surface area contributed by atoms with E-state index in [0.717, 1.165) is 24.5 Å². The first-order valence-electron chi connectivity index (χ1n) is 6.21. The second-order valence-electron chi connectivity index (χ2n) is 4.34. The number of anilines is 2. The van der Waals surface area contributed by atoms with Crippen LogP contribution in [-0.4, -0.2) is 27.7 Å². The summed E-state index contributed by atoms with van der Waals surface area (Å²) >= 11 is 1.32. The molecule has 0 aromatic carbocycles. The van der Waals surface area contributed by atoms with Gasteiger partial charge in [-0.25, -0.2) is 4.98 Å². The van der Waals surface area contributed by atoms with Gasteiger partial charge in [0.15, 0.2) is 0 Å². The number of nitrogen functional groups attached to an aromatic ring is 1. The highest BCUT2D eigenvalue weighted by Gasteiger charge is 2.22. The fourth-order valence-electron chi connectivity index (χ4n) is 1.96. The maximum atomic E-state index is 12.0. The maximum Gasteiger partial charge on any atom is 0.261 e. The predicted molar refractivity (Wildman–Crippen MR) is 74.4 cm³/mol. The van der Waals surface area contributed by atoms with Gasteiger partial charge in [0.05, 0.1) is 5.56 Å². The third-order valence-electron chi connectivity index (χ3n) is 2.95. The molecule has 1 amide bonds. The van der Waals surface area contributed by atoms with Gasteiger partial charge in [0.25, 0.3) is 5.91 Å². The van der Waals surface area contributed by atoms with E-state index in [-0.39, 0.29) is 17.8 Å². The number of pyridine rings is 1. The summed E-state index contributed by atoms with van der Waals surface area (Å²) < 4.78 is 5.53. The minimum Gasteiger partial charge on any atom is -0.383 e. The van der Waals surface area contributed by atoms with Crippen LogP contribution in [0.4, 0.5) is 10.9 Å². The first-order chi connectivity index (χ1) is 9.74. The van der Waals surface area contributed by atoms with E-state index in [2.05, 4.69) is 20.5 Å². The van der Waals surface area contributed by atoms with Gasteiger partial charge in [0.1, 0.15) is 16.9 Å². The highest BCUT2D eigenvalue weighted by atomic mass is 32.1. The number of carbonyl (C=O) groups excluding carboxylic acids is 1. The van der Waals surface area contributed by atoms with Gasteiger partial charge in [-0.15, -0.1) is 10.2 Å². The molecular formula is C12H13N5O2S. The summed E-state index contributed by atoms with van der Waals surface area (Å²) in [4.78, 5) is 15.9. The molecule has 0 radical (unpaired) electrons. The molecule has 1 aliphatic heterocycles. The van der Waals surface area contributed by atoms with Crippen LogP contribution in [0.2, 0.25) is 0 Å². The molecule has 3 heterocycles. The Hall–Kier alpha value is -2.06. The highest BCUT2D eigenvalue weighted by molar-refractivity contribution is 7.15. The summed E-state index contributed by atoms with van der Waals surface area (Å²) in [6.45, 7) is 0.748. The molecule has 1 saturated heterocycles. The van der Waals surface area contributed by atoms with Crippen molar-refractivity contribution in [2.75, 3.05) is 17.7 Å². The van der Waals surface area contributed by atoms with Crippen LogP contribution in [0.1, 0.15) is 34.3 Å². The molecule has 104 valence electrons. The summed E-state index contributed by atoms with van der Waals surface area (Å²) in [5.41, 5.74) is 5.98. The van der Waals surface area contributed by atoms with Crippen molar-refractivity contribution < 1.29 is 9.53 Å². The molecular weight excluding hydrogens is 278 g/mol. The third-order valence-corrected chi connectivity index (χ3v) is 3.88. The number of aromatic nitrogens is 3. The molecule has 2 aromatic heterocycles. The van der Waals surface area contributed by atoms with Gasteiger partial charge in [-0.3, -0.25) is 10.1 Å². The second-order valence-corrected chi connectivity index (χ2v) is 5.35. The molecule has 0 spiro atoms. The maximum absolute atomic E-state index is 12.0. The van der Waals surface area contributed by atoms with E-state index in [1.807, 2.05) is 0 Å². The Bertz CT molecular complexity index is 624. The van der Waals surface area contributed by atoms with Crippen LogP contribution in [0.5, 0.6) is 0 Å². The molecule has 3 N–H and O–H groups in total. The van der Waals surface area contributed by atoms with E-state index < -0.39 is 0 Å². The van der Waals surface area contributed by atoms with E-state index in [1.165, 1.54) is 17.5 Å². The molecule has 1 atom stereocenters. The zero-order chi connectivity index (χ0) is 13.9. The number of hydrogen-bond donors (Lipinski definition) is 2. The number of carbonyl (C=O) groups is 1. The average molecular weight is 291 g/mol. The number of hydrogen-bond acceptors (Lipinski definition) is 7. The summed E-state index contributed by atoms with van der Waals surface area (Å²) in [6.07, 6.45) is 3.50. The van der Waals surface area contributed by atoms with E-state index in [9.17, 15) is 4.79 Å². The molecule has 0 aliphatic carbocycles. The van der Waals surface area contributed by atoms with Crippen LogP contribution >= 0.6 is 11.3 Å². The lowest BCUT2D eigenvalue weighted by Crippen LogP contribution is -2.14. The molecule has 0 saturated carbocycles. The van der Waals surface area contributed by atoms with Gasteiger partial charge in [0, 0.05) is 12.8 Å². The van der Waals surface area contributed by atoms with Crippen LogP contribution in [0.3, 0.4) is 0 Å².